The highest BCUT2D eigenvalue weighted by Crippen LogP contribution is 2.61. The van der Waals surface area contributed by atoms with Crippen LogP contribution in [0.4, 0.5) is 0 Å². The largest absolute Gasteiger partial charge is 0.465 e. The molecule has 8 heteroatoms. The Morgan fingerprint density at radius 1 is 1.17 bits per heavy atom. The number of nitrogens with zero attached hydrogens (tertiary/aromatic N) is 2. The maximum absolute atomic E-state index is 14.3. The first kappa shape index (κ1) is 25.1. The summed E-state index contributed by atoms with van der Waals surface area (Å²) in [6.45, 7) is 3.16. The van der Waals surface area contributed by atoms with Gasteiger partial charge in [-0.2, -0.15) is 0 Å². The molecule has 4 heterocycles. The van der Waals surface area contributed by atoms with E-state index < -0.39 is 28.7 Å². The highest BCUT2D eigenvalue weighted by molar-refractivity contribution is 8.02. The minimum atomic E-state index is -0.908. The lowest BCUT2D eigenvalue weighted by atomic mass is 9.78. The number of aliphatic hydroxyl groups is 1. The predicted octanol–water partition coefficient (Wildman–Crippen LogP) is 3.11. The summed E-state index contributed by atoms with van der Waals surface area (Å²) in [6.07, 6.45) is 11.5. The third-order valence-corrected chi connectivity index (χ3v) is 9.59. The van der Waals surface area contributed by atoms with Crippen LogP contribution in [0.15, 0.2) is 54.6 Å². The monoisotopic (exact) mass is 510 g/mol. The van der Waals surface area contributed by atoms with Crippen LogP contribution < -0.4 is 0 Å². The Bertz CT molecular complexity index is 1060. The summed E-state index contributed by atoms with van der Waals surface area (Å²) in [7, 11) is 0. The molecule has 0 radical (unpaired) electrons. The number of amides is 2. The van der Waals surface area contributed by atoms with Crippen molar-refractivity contribution in [3.8, 4) is 0 Å². The van der Waals surface area contributed by atoms with E-state index in [4.69, 9.17) is 4.74 Å². The summed E-state index contributed by atoms with van der Waals surface area (Å²) in [5, 5.41) is 10.3. The molecule has 1 N–H and O–H groups in total. The van der Waals surface area contributed by atoms with E-state index in [1.165, 1.54) is 11.8 Å². The SMILES string of the molecule is CCCCN1CC=C[C@]23S[C@H]4/C=C\CCCOC(=O)[C@H]4[C@H]2C(=O)N([C@H](CO)c2ccccc2)C3C1=O. The summed E-state index contributed by atoms with van der Waals surface area (Å²) < 4.78 is 4.71. The first-order valence-electron chi connectivity index (χ1n) is 13.0. The maximum atomic E-state index is 14.3. The van der Waals surface area contributed by atoms with Crippen molar-refractivity contribution in [3.05, 3.63) is 60.2 Å². The Hall–Kier alpha value is -2.58. The molecule has 1 spiro atoms. The van der Waals surface area contributed by atoms with Crippen molar-refractivity contribution in [2.24, 2.45) is 11.8 Å². The van der Waals surface area contributed by atoms with Crippen LogP contribution in [0.1, 0.15) is 44.2 Å². The second-order valence-electron chi connectivity index (χ2n) is 9.97. The number of unbranched alkanes of at least 4 members (excludes halogenated alkanes) is 1. The predicted molar refractivity (Wildman–Crippen MR) is 138 cm³/mol. The standard InChI is InChI=1S/C28H34N2O5S/c1-2-3-15-29-16-10-14-28-23(22-21(36-28)13-8-5-9-17-35-27(22)34)25(32)30(24(28)26(29)33)20(18-31)19-11-6-4-7-12-19/h4,6-8,10-14,20-24,31H,2-3,5,9,15-18H2,1H3/b13-8-/t20-,21+,22-,23+,24?,28+/m1/s1. The number of aliphatic hydroxyl groups excluding tert-OH is 1. The van der Waals surface area contributed by atoms with Crippen LogP contribution in [-0.4, -0.2) is 75.0 Å². The van der Waals surface area contributed by atoms with Crippen LogP contribution in [0, 0.1) is 11.8 Å². The van der Waals surface area contributed by atoms with Crippen LogP contribution >= 0.6 is 11.8 Å². The lowest BCUT2D eigenvalue weighted by Crippen LogP contribution is -2.54. The number of carbonyl (C=O) groups is 3. The first-order chi connectivity index (χ1) is 17.5. The van der Waals surface area contributed by atoms with Gasteiger partial charge >= 0.3 is 5.97 Å². The minimum absolute atomic E-state index is 0.116. The molecule has 192 valence electrons. The van der Waals surface area contributed by atoms with Gasteiger partial charge in [-0.1, -0.05) is 68.0 Å². The van der Waals surface area contributed by atoms with Crippen molar-refractivity contribution in [2.45, 2.75) is 54.7 Å². The number of esters is 1. The molecular weight excluding hydrogens is 476 g/mol. The van der Waals surface area contributed by atoms with E-state index in [0.29, 0.717) is 19.7 Å². The van der Waals surface area contributed by atoms with Gasteiger partial charge in [-0.3, -0.25) is 14.4 Å². The van der Waals surface area contributed by atoms with Gasteiger partial charge in [0.05, 0.1) is 35.8 Å². The zero-order valence-electron chi connectivity index (χ0n) is 20.6. The van der Waals surface area contributed by atoms with Gasteiger partial charge in [0.1, 0.15) is 6.04 Å². The molecule has 4 aliphatic heterocycles. The zero-order valence-corrected chi connectivity index (χ0v) is 21.4. The molecule has 5 rings (SSSR count). The van der Waals surface area contributed by atoms with E-state index in [-0.39, 0.29) is 29.6 Å². The molecular formula is C28H34N2O5S. The molecule has 1 unspecified atom stereocenters. The van der Waals surface area contributed by atoms with Gasteiger partial charge < -0.3 is 19.6 Å². The lowest BCUT2D eigenvalue weighted by molar-refractivity contribution is -0.153. The van der Waals surface area contributed by atoms with Crippen LogP contribution in [-0.2, 0) is 19.1 Å². The molecule has 1 aromatic carbocycles. The topological polar surface area (TPSA) is 87.2 Å². The molecule has 1 aromatic rings. The van der Waals surface area contributed by atoms with Gasteiger partial charge in [-0.25, -0.2) is 0 Å². The summed E-state index contributed by atoms with van der Waals surface area (Å²) in [6, 6.07) is 7.85. The Labute approximate surface area is 216 Å². The Kier molecular flexibility index (Phi) is 7.26. The fourth-order valence-electron chi connectivity index (χ4n) is 6.15. The second kappa shape index (κ2) is 10.4. The smallest absolute Gasteiger partial charge is 0.311 e. The van der Waals surface area contributed by atoms with E-state index in [9.17, 15) is 19.5 Å². The number of allylic oxidation sites excluding steroid dienone is 1. The normalized spacial score (nSPS) is 33.6. The number of likely N-dealkylation sites (tertiary alicyclic amines) is 1. The Balaban J connectivity index is 1.64. The summed E-state index contributed by atoms with van der Waals surface area (Å²) in [5.74, 6) is -2.17. The lowest BCUT2D eigenvalue weighted by Gasteiger charge is -2.38. The van der Waals surface area contributed by atoms with Crippen LogP contribution in [0.3, 0.4) is 0 Å². The minimum Gasteiger partial charge on any atom is -0.465 e. The second-order valence-corrected chi connectivity index (χ2v) is 11.5. The highest BCUT2D eigenvalue weighted by Gasteiger charge is 2.71. The van der Waals surface area contributed by atoms with Gasteiger partial charge in [0, 0.05) is 18.3 Å². The number of hydrogen-bond donors (Lipinski definition) is 1. The van der Waals surface area contributed by atoms with Crippen molar-refractivity contribution in [1.29, 1.82) is 0 Å². The van der Waals surface area contributed by atoms with Crippen molar-refractivity contribution in [1.82, 2.24) is 9.80 Å². The van der Waals surface area contributed by atoms with Gasteiger partial charge in [-0.15, -0.1) is 11.8 Å². The van der Waals surface area contributed by atoms with Crippen molar-refractivity contribution in [3.63, 3.8) is 0 Å². The number of benzene rings is 1. The third kappa shape index (κ3) is 4.08. The van der Waals surface area contributed by atoms with E-state index in [0.717, 1.165) is 31.2 Å². The van der Waals surface area contributed by atoms with Crippen LogP contribution in [0.5, 0.6) is 0 Å². The molecule has 2 fully saturated rings. The molecule has 7 nitrogen and oxygen atoms in total. The quantitative estimate of drug-likeness (QED) is 0.468. The average molecular weight is 511 g/mol. The van der Waals surface area contributed by atoms with Crippen molar-refractivity contribution < 1.29 is 24.2 Å². The summed E-state index contributed by atoms with van der Waals surface area (Å²) >= 11 is 1.54. The zero-order chi connectivity index (χ0) is 25.3. The summed E-state index contributed by atoms with van der Waals surface area (Å²) in [4.78, 5) is 45.3. The van der Waals surface area contributed by atoms with Crippen molar-refractivity contribution in [2.75, 3.05) is 26.3 Å². The number of hydrogen-bond acceptors (Lipinski definition) is 6. The summed E-state index contributed by atoms with van der Waals surface area (Å²) in [5.41, 5.74) is 0.767. The molecule has 6 atom stereocenters. The number of carbonyl (C=O) groups excluding carboxylic acids is 3. The Morgan fingerprint density at radius 2 is 1.97 bits per heavy atom. The van der Waals surface area contributed by atoms with E-state index >= 15 is 0 Å². The molecule has 0 aliphatic carbocycles. The fourth-order valence-corrected chi connectivity index (χ4v) is 8.14. The molecule has 0 bridgehead atoms. The Morgan fingerprint density at radius 3 is 2.72 bits per heavy atom. The van der Waals surface area contributed by atoms with Gasteiger partial charge in [0.2, 0.25) is 11.8 Å². The number of ether oxygens (including phenoxy) is 1. The number of thioether (sulfide) groups is 1. The average Bonchev–Trinajstić information content (AvgIpc) is 3.30. The first-order valence-corrected chi connectivity index (χ1v) is 13.9. The maximum Gasteiger partial charge on any atom is 0.311 e. The van der Waals surface area contributed by atoms with E-state index in [1.807, 2.05) is 53.5 Å². The van der Waals surface area contributed by atoms with Crippen molar-refractivity contribution >= 4 is 29.5 Å². The van der Waals surface area contributed by atoms with Crippen LogP contribution in [0.2, 0.25) is 0 Å². The molecule has 4 aliphatic rings. The van der Waals surface area contributed by atoms with Gasteiger partial charge in [-0.05, 0) is 24.8 Å². The third-order valence-electron chi connectivity index (χ3n) is 7.85. The molecule has 2 amide bonds. The molecule has 0 aromatic heterocycles. The number of fused-ring (bicyclic) bond motifs is 2. The number of rotatable bonds is 6. The fraction of sp³-hybridized carbons (Fsp3) is 0.536. The molecule has 0 saturated carbocycles. The van der Waals surface area contributed by atoms with Gasteiger partial charge in [0.15, 0.2) is 0 Å². The highest BCUT2D eigenvalue weighted by atomic mass is 32.2. The van der Waals surface area contributed by atoms with Crippen LogP contribution in [0.25, 0.3) is 0 Å². The van der Waals surface area contributed by atoms with Gasteiger partial charge in [0.25, 0.3) is 0 Å². The molecule has 36 heavy (non-hydrogen) atoms. The van der Waals surface area contributed by atoms with E-state index in [2.05, 4.69) is 13.0 Å². The number of cyclic esters (lactones) is 1. The molecule has 2 saturated heterocycles. The van der Waals surface area contributed by atoms with E-state index in [1.54, 1.807) is 4.90 Å².